The number of hydrogen-bond donors (Lipinski definition) is 3. The Kier molecular flexibility index (Phi) is 6.59. The Labute approximate surface area is 157 Å². The Morgan fingerprint density at radius 1 is 1.04 bits per heavy atom. The number of rotatable bonds is 6. The summed E-state index contributed by atoms with van der Waals surface area (Å²) in [5, 5.41) is 7.91. The molecule has 2 aromatic rings. The zero-order chi connectivity index (χ0) is 19.9. The van der Waals surface area contributed by atoms with Crippen molar-refractivity contribution in [1.82, 2.24) is 5.32 Å². The van der Waals surface area contributed by atoms with Crippen molar-refractivity contribution < 1.29 is 23.5 Å². The molecular formula is C19H23N3O5. The maximum atomic E-state index is 12.0. The van der Waals surface area contributed by atoms with Gasteiger partial charge in [0.25, 0.3) is 5.91 Å². The third kappa shape index (κ3) is 7.23. The number of carbonyl (C=O) groups is 3. The highest BCUT2D eigenvalue weighted by molar-refractivity contribution is 6.02. The second-order valence-corrected chi connectivity index (χ2v) is 6.74. The SMILES string of the molecule is CC(C)(C)OC(=O)NCCC(=O)Nc1cccc(NC(=O)c2ccco2)c1. The maximum absolute atomic E-state index is 12.0. The first-order chi connectivity index (χ1) is 12.7. The van der Waals surface area contributed by atoms with Gasteiger partial charge in [-0.05, 0) is 51.1 Å². The third-order valence-corrected chi connectivity index (χ3v) is 3.17. The molecule has 0 saturated heterocycles. The van der Waals surface area contributed by atoms with Crippen LogP contribution in [0.3, 0.4) is 0 Å². The normalized spacial score (nSPS) is 10.8. The molecular weight excluding hydrogens is 350 g/mol. The van der Waals surface area contributed by atoms with E-state index in [2.05, 4.69) is 16.0 Å². The molecule has 144 valence electrons. The summed E-state index contributed by atoms with van der Waals surface area (Å²) in [6, 6.07) is 9.89. The highest BCUT2D eigenvalue weighted by Gasteiger charge is 2.16. The zero-order valence-electron chi connectivity index (χ0n) is 15.5. The predicted octanol–water partition coefficient (Wildman–Crippen LogP) is 3.39. The van der Waals surface area contributed by atoms with Crippen LogP contribution >= 0.6 is 0 Å². The molecule has 0 aliphatic heterocycles. The summed E-state index contributed by atoms with van der Waals surface area (Å²) in [5.74, 6) is -0.469. The summed E-state index contributed by atoms with van der Waals surface area (Å²) in [7, 11) is 0. The number of carbonyl (C=O) groups excluding carboxylic acids is 3. The topological polar surface area (TPSA) is 110 Å². The second kappa shape index (κ2) is 8.88. The molecule has 2 rings (SSSR count). The molecule has 0 unspecified atom stereocenters. The van der Waals surface area contributed by atoms with Gasteiger partial charge in [-0.15, -0.1) is 0 Å². The number of furan rings is 1. The molecule has 0 atom stereocenters. The van der Waals surface area contributed by atoms with Crippen LogP contribution in [0.25, 0.3) is 0 Å². The van der Waals surface area contributed by atoms with Crippen LogP contribution in [0.15, 0.2) is 47.1 Å². The van der Waals surface area contributed by atoms with Gasteiger partial charge in [0.15, 0.2) is 5.76 Å². The van der Waals surface area contributed by atoms with Crippen molar-refractivity contribution in [1.29, 1.82) is 0 Å². The lowest BCUT2D eigenvalue weighted by molar-refractivity contribution is -0.116. The van der Waals surface area contributed by atoms with Crippen molar-refractivity contribution in [3.05, 3.63) is 48.4 Å². The van der Waals surface area contributed by atoms with E-state index in [-0.39, 0.29) is 30.5 Å². The molecule has 0 fully saturated rings. The van der Waals surface area contributed by atoms with Crippen LogP contribution < -0.4 is 16.0 Å². The Morgan fingerprint density at radius 3 is 2.37 bits per heavy atom. The summed E-state index contributed by atoms with van der Waals surface area (Å²) >= 11 is 0. The smallest absolute Gasteiger partial charge is 0.407 e. The van der Waals surface area contributed by atoms with E-state index in [0.29, 0.717) is 11.4 Å². The highest BCUT2D eigenvalue weighted by atomic mass is 16.6. The number of alkyl carbamates (subject to hydrolysis) is 1. The lowest BCUT2D eigenvalue weighted by atomic mass is 10.2. The van der Waals surface area contributed by atoms with Gasteiger partial charge in [0.2, 0.25) is 5.91 Å². The summed E-state index contributed by atoms with van der Waals surface area (Å²) in [4.78, 5) is 35.5. The monoisotopic (exact) mass is 373 g/mol. The minimum absolute atomic E-state index is 0.0855. The van der Waals surface area contributed by atoms with Gasteiger partial charge < -0.3 is 25.1 Å². The highest BCUT2D eigenvalue weighted by Crippen LogP contribution is 2.16. The predicted molar refractivity (Wildman–Crippen MR) is 101 cm³/mol. The van der Waals surface area contributed by atoms with Crippen LogP contribution in [0.1, 0.15) is 37.7 Å². The number of anilines is 2. The molecule has 1 aromatic carbocycles. The van der Waals surface area contributed by atoms with E-state index in [9.17, 15) is 14.4 Å². The Morgan fingerprint density at radius 2 is 1.74 bits per heavy atom. The molecule has 3 N–H and O–H groups in total. The standard InChI is InChI=1S/C19H23N3O5/c1-19(2,3)27-18(25)20-10-9-16(23)21-13-6-4-7-14(12-13)22-17(24)15-8-5-11-26-15/h4-8,11-12H,9-10H2,1-3H3,(H,20,25)(H,21,23)(H,22,24). The molecule has 8 heteroatoms. The summed E-state index contributed by atoms with van der Waals surface area (Å²) in [5.41, 5.74) is 0.447. The van der Waals surface area contributed by atoms with E-state index in [1.54, 1.807) is 57.2 Å². The first-order valence-electron chi connectivity index (χ1n) is 8.44. The lowest BCUT2D eigenvalue weighted by Crippen LogP contribution is -2.34. The van der Waals surface area contributed by atoms with Crippen molar-refractivity contribution in [3.63, 3.8) is 0 Å². The second-order valence-electron chi connectivity index (χ2n) is 6.74. The summed E-state index contributed by atoms with van der Waals surface area (Å²) < 4.78 is 10.1. The lowest BCUT2D eigenvalue weighted by Gasteiger charge is -2.19. The molecule has 0 spiro atoms. The number of amides is 3. The summed E-state index contributed by atoms with van der Waals surface area (Å²) in [6.07, 6.45) is 0.928. The molecule has 1 aromatic heterocycles. The van der Waals surface area contributed by atoms with E-state index in [1.165, 1.54) is 6.26 Å². The van der Waals surface area contributed by atoms with Crippen molar-refractivity contribution in [3.8, 4) is 0 Å². The van der Waals surface area contributed by atoms with Gasteiger partial charge in [0.1, 0.15) is 5.60 Å². The number of benzene rings is 1. The van der Waals surface area contributed by atoms with Gasteiger partial charge >= 0.3 is 6.09 Å². The van der Waals surface area contributed by atoms with Crippen LogP contribution in [0.2, 0.25) is 0 Å². The molecule has 3 amide bonds. The molecule has 0 radical (unpaired) electrons. The molecule has 1 heterocycles. The zero-order valence-corrected chi connectivity index (χ0v) is 15.5. The van der Waals surface area contributed by atoms with Gasteiger partial charge in [-0.25, -0.2) is 4.79 Å². The Hall–Kier alpha value is -3.29. The van der Waals surface area contributed by atoms with Crippen LogP contribution in [0.4, 0.5) is 16.2 Å². The average molecular weight is 373 g/mol. The number of hydrogen-bond acceptors (Lipinski definition) is 5. The number of ether oxygens (including phenoxy) is 1. The van der Waals surface area contributed by atoms with Crippen LogP contribution in [0, 0.1) is 0 Å². The molecule has 0 bridgehead atoms. The van der Waals surface area contributed by atoms with E-state index >= 15 is 0 Å². The molecule has 0 saturated carbocycles. The fourth-order valence-electron chi connectivity index (χ4n) is 2.09. The quantitative estimate of drug-likeness (QED) is 0.719. The Balaban J connectivity index is 1.80. The minimum Gasteiger partial charge on any atom is -0.459 e. The first kappa shape index (κ1) is 20.0. The molecule has 0 aliphatic rings. The van der Waals surface area contributed by atoms with Gasteiger partial charge in [-0.3, -0.25) is 9.59 Å². The van der Waals surface area contributed by atoms with Gasteiger partial charge in [0, 0.05) is 24.3 Å². The van der Waals surface area contributed by atoms with Crippen LogP contribution in [0.5, 0.6) is 0 Å². The maximum Gasteiger partial charge on any atom is 0.407 e. The van der Waals surface area contributed by atoms with Gasteiger partial charge in [-0.2, -0.15) is 0 Å². The van der Waals surface area contributed by atoms with Gasteiger partial charge in [-0.1, -0.05) is 6.07 Å². The summed E-state index contributed by atoms with van der Waals surface area (Å²) in [6.45, 7) is 5.43. The molecule has 8 nitrogen and oxygen atoms in total. The van der Waals surface area contributed by atoms with E-state index < -0.39 is 11.7 Å². The fourth-order valence-corrected chi connectivity index (χ4v) is 2.09. The van der Waals surface area contributed by atoms with Crippen LogP contribution in [-0.2, 0) is 9.53 Å². The van der Waals surface area contributed by atoms with Crippen molar-refractivity contribution in [2.75, 3.05) is 17.2 Å². The molecule has 27 heavy (non-hydrogen) atoms. The van der Waals surface area contributed by atoms with Crippen molar-refractivity contribution in [2.45, 2.75) is 32.8 Å². The number of nitrogens with one attached hydrogen (secondary N) is 3. The third-order valence-electron chi connectivity index (χ3n) is 3.17. The minimum atomic E-state index is -0.590. The average Bonchev–Trinajstić information content (AvgIpc) is 3.08. The van der Waals surface area contributed by atoms with Crippen molar-refractivity contribution >= 4 is 29.3 Å². The fraction of sp³-hybridized carbons (Fsp3) is 0.316. The van der Waals surface area contributed by atoms with E-state index in [4.69, 9.17) is 9.15 Å². The van der Waals surface area contributed by atoms with Crippen molar-refractivity contribution in [2.24, 2.45) is 0 Å². The van der Waals surface area contributed by atoms with Crippen LogP contribution in [-0.4, -0.2) is 30.1 Å². The Bertz CT molecular complexity index is 794. The largest absolute Gasteiger partial charge is 0.459 e. The van der Waals surface area contributed by atoms with Gasteiger partial charge in [0.05, 0.1) is 6.26 Å². The molecule has 0 aliphatic carbocycles. The van der Waals surface area contributed by atoms with E-state index in [1.807, 2.05) is 0 Å². The first-order valence-corrected chi connectivity index (χ1v) is 8.44. The van der Waals surface area contributed by atoms with E-state index in [0.717, 1.165) is 0 Å².